The number of benzene rings is 4. The van der Waals surface area contributed by atoms with Gasteiger partial charge < -0.3 is 10.6 Å². The molecule has 4 heteroatoms. The highest BCUT2D eigenvalue weighted by Gasteiger charge is 2.29. The molecule has 0 fully saturated rings. The summed E-state index contributed by atoms with van der Waals surface area (Å²) in [7, 11) is 0. The van der Waals surface area contributed by atoms with Crippen molar-refractivity contribution in [3.05, 3.63) is 130 Å². The minimum absolute atomic E-state index is 0.143. The maximum atomic E-state index is 6.91. The number of nitrogens with two attached hydrogens (primary N) is 1. The third kappa shape index (κ3) is 4.52. The van der Waals surface area contributed by atoms with Gasteiger partial charge in [0, 0.05) is 21.4 Å². The molecule has 4 aromatic rings. The summed E-state index contributed by atoms with van der Waals surface area (Å²) in [5, 5.41) is 1.39. The van der Waals surface area contributed by atoms with Crippen molar-refractivity contribution in [3.63, 3.8) is 0 Å². The largest absolute Gasteiger partial charge is 0.332 e. The highest BCUT2D eigenvalue weighted by Crippen LogP contribution is 2.41. The summed E-state index contributed by atoms with van der Waals surface area (Å²) in [5.74, 6) is 0. The van der Waals surface area contributed by atoms with Crippen LogP contribution in [0.5, 0.6) is 0 Å². The van der Waals surface area contributed by atoms with E-state index in [9.17, 15) is 0 Å². The second kappa shape index (κ2) is 9.36. The van der Waals surface area contributed by atoms with Crippen LogP contribution in [0.3, 0.4) is 0 Å². The molecule has 0 bridgehead atoms. The van der Waals surface area contributed by atoms with Gasteiger partial charge in [-0.25, -0.2) is 0 Å². The maximum absolute atomic E-state index is 6.91. The van der Waals surface area contributed by atoms with Crippen molar-refractivity contribution in [1.29, 1.82) is 0 Å². The van der Waals surface area contributed by atoms with Crippen molar-refractivity contribution in [2.45, 2.75) is 12.1 Å². The van der Waals surface area contributed by atoms with Gasteiger partial charge >= 0.3 is 0 Å². The van der Waals surface area contributed by atoms with Crippen LogP contribution in [-0.4, -0.2) is 0 Å². The highest BCUT2D eigenvalue weighted by molar-refractivity contribution is 6.31. The first-order valence-corrected chi connectivity index (χ1v) is 10.5. The summed E-state index contributed by atoms with van der Waals surface area (Å²) >= 11 is 12.4. The molecule has 2 N–H and O–H groups in total. The van der Waals surface area contributed by atoms with Crippen LogP contribution < -0.4 is 10.6 Å². The predicted octanol–water partition coefficient (Wildman–Crippen LogP) is 7.57. The van der Waals surface area contributed by atoms with E-state index in [0.717, 1.165) is 22.5 Å². The quantitative estimate of drug-likeness (QED) is 0.340. The molecule has 4 rings (SSSR count). The summed E-state index contributed by atoms with van der Waals surface area (Å²) < 4.78 is 0. The molecule has 0 aromatic heterocycles. The van der Waals surface area contributed by atoms with Gasteiger partial charge in [0.2, 0.25) is 0 Å². The first-order chi connectivity index (χ1) is 14.6. The fourth-order valence-corrected chi connectivity index (χ4v) is 3.95. The molecule has 0 aliphatic heterocycles. The second-order valence-corrected chi connectivity index (χ2v) is 7.99. The molecule has 0 radical (unpaired) electrons. The van der Waals surface area contributed by atoms with E-state index in [0.29, 0.717) is 10.0 Å². The number of rotatable bonds is 6. The van der Waals surface area contributed by atoms with Gasteiger partial charge in [-0.3, -0.25) is 0 Å². The second-order valence-electron chi connectivity index (χ2n) is 7.11. The van der Waals surface area contributed by atoms with Crippen LogP contribution in [0.15, 0.2) is 109 Å². The van der Waals surface area contributed by atoms with Crippen molar-refractivity contribution in [2.75, 3.05) is 4.90 Å². The first kappa shape index (κ1) is 20.5. The van der Waals surface area contributed by atoms with Crippen molar-refractivity contribution in [1.82, 2.24) is 0 Å². The lowest BCUT2D eigenvalue weighted by atomic mass is 9.91. The van der Waals surface area contributed by atoms with Crippen LogP contribution in [0.4, 0.5) is 11.4 Å². The molecule has 2 atom stereocenters. The molecule has 0 amide bonds. The van der Waals surface area contributed by atoms with E-state index in [1.54, 1.807) is 0 Å². The van der Waals surface area contributed by atoms with E-state index in [4.69, 9.17) is 28.9 Å². The monoisotopic (exact) mass is 432 g/mol. The maximum Gasteiger partial charge on any atom is 0.0784 e. The van der Waals surface area contributed by atoms with Crippen LogP contribution in [-0.2, 0) is 0 Å². The average Bonchev–Trinajstić information content (AvgIpc) is 2.80. The molecule has 30 heavy (non-hydrogen) atoms. The number of hydrogen-bond acceptors (Lipinski definition) is 2. The summed E-state index contributed by atoms with van der Waals surface area (Å²) in [5.41, 5.74) is 11.1. The summed E-state index contributed by atoms with van der Waals surface area (Å²) in [6.45, 7) is 0. The molecule has 0 heterocycles. The average molecular weight is 433 g/mol. The zero-order valence-corrected chi connectivity index (χ0v) is 17.8. The summed E-state index contributed by atoms with van der Waals surface area (Å²) in [6.07, 6.45) is 0. The molecule has 4 aromatic carbocycles. The Hall–Kier alpha value is -2.78. The molecule has 0 aliphatic carbocycles. The van der Waals surface area contributed by atoms with E-state index in [1.807, 2.05) is 84.9 Å². The molecule has 2 unspecified atom stereocenters. The summed E-state index contributed by atoms with van der Waals surface area (Å²) in [6, 6.07) is 35.8. The predicted molar refractivity (Wildman–Crippen MR) is 128 cm³/mol. The fourth-order valence-electron chi connectivity index (χ4n) is 3.70. The number of nitrogens with zero attached hydrogens (tertiary/aromatic N) is 1. The summed E-state index contributed by atoms with van der Waals surface area (Å²) in [4.78, 5) is 2.25. The lowest BCUT2D eigenvalue weighted by Gasteiger charge is -2.38. The van der Waals surface area contributed by atoms with Gasteiger partial charge in [-0.2, -0.15) is 0 Å². The van der Waals surface area contributed by atoms with Crippen LogP contribution in [0.25, 0.3) is 0 Å². The van der Waals surface area contributed by atoms with E-state index in [2.05, 4.69) is 29.2 Å². The molecular weight excluding hydrogens is 411 g/mol. The topological polar surface area (TPSA) is 29.3 Å². The minimum atomic E-state index is -0.264. The molecule has 2 nitrogen and oxygen atoms in total. The molecule has 150 valence electrons. The van der Waals surface area contributed by atoms with Crippen molar-refractivity contribution < 1.29 is 0 Å². The zero-order valence-electron chi connectivity index (χ0n) is 16.3. The Morgan fingerprint density at radius 1 is 0.533 bits per heavy atom. The lowest BCUT2D eigenvalue weighted by molar-refractivity contribution is 0.561. The van der Waals surface area contributed by atoms with Gasteiger partial charge in [0.1, 0.15) is 0 Å². The molecular formula is C26H22Cl2N2. The first-order valence-electron chi connectivity index (χ1n) is 9.79. The smallest absolute Gasteiger partial charge is 0.0784 e. The van der Waals surface area contributed by atoms with Crippen LogP contribution in [0, 0.1) is 0 Å². The number of hydrogen-bond donors (Lipinski definition) is 1. The van der Waals surface area contributed by atoms with E-state index in [1.165, 1.54) is 0 Å². The van der Waals surface area contributed by atoms with Gasteiger partial charge in [-0.1, -0.05) is 83.9 Å². The Labute approximate surface area is 187 Å². The van der Waals surface area contributed by atoms with Crippen molar-refractivity contribution in [2.24, 2.45) is 5.73 Å². The van der Waals surface area contributed by atoms with E-state index >= 15 is 0 Å². The Kier molecular flexibility index (Phi) is 6.39. The standard InChI is InChI=1S/C26H22Cl2N2/c27-21-11-15-23(16-12-21)30(24-17-13-22(28)14-18-24)26(20-9-5-2-6-10-20)25(29)19-7-3-1-4-8-19/h1-18,25-26H,29H2. The van der Waals surface area contributed by atoms with Gasteiger partial charge in [-0.15, -0.1) is 0 Å². The Morgan fingerprint density at radius 3 is 1.37 bits per heavy atom. The third-order valence-electron chi connectivity index (χ3n) is 5.15. The van der Waals surface area contributed by atoms with Crippen LogP contribution in [0.2, 0.25) is 10.0 Å². The zero-order chi connectivity index (χ0) is 20.9. The highest BCUT2D eigenvalue weighted by atomic mass is 35.5. The van der Waals surface area contributed by atoms with E-state index < -0.39 is 0 Å². The van der Waals surface area contributed by atoms with Gasteiger partial charge in [-0.05, 0) is 59.7 Å². The van der Waals surface area contributed by atoms with Crippen molar-refractivity contribution >= 4 is 34.6 Å². The Morgan fingerprint density at radius 2 is 0.933 bits per heavy atom. The molecule has 0 aliphatic rings. The lowest BCUT2D eigenvalue weighted by Crippen LogP contribution is -2.33. The van der Waals surface area contributed by atoms with Gasteiger partial charge in [0.05, 0.1) is 12.1 Å². The normalized spacial score (nSPS) is 12.9. The van der Waals surface area contributed by atoms with Gasteiger partial charge in [0.25, 0.3) is 0 Å². The molecule has 0 spiro atoms. The number of halogens is 2. The van der Waals surface area contributed by atoms with Crippen LogP contribution >= 0.6 is 23.2 Å². The SMILES string of the molecule is NC(c1ccccc1)C(c1ccccc1)N(c1ccc(Cl)cc1)c1ccc(Cl)cc1. The Bertz CT molecular complexity index is 1020. The molecule has 0 saturated heterocycles. The minimum Gasteiger partial charge on any atom is -0.332 e. The van der Waals surface area contributed by atoms with Crippen LogP contribution in [0.1, 0.15) is 23.2 Å². The molecule has 0 saturated carbocycles. The van der Waals surface area contributed by atoms with Gasteiger partial charge in [0.15, 0.2) is 0 Å². The van der Waals surface area contributed by atoms with E-state index in [-0.39, 0.29) is 12.1 Å². The fraction of sp³-hybridized carbons (Fsp3) is 0.0769. The third-order valence-corrected chi connectivity index (χ3v) is 5.66. The van der Waals surface area contributed by atoms with Crippen molar-refractivity contribution in [3.8, 4) is 0 Å². The number of anilines is 2. The Balaban J connectivity index is 1.90.